The predicted molar refractivity (Wildman–Crippen MR) is 136 cm³/mol. The molecule has 12 heteroatoms. The first-order chi connectivity index (χ1) is 18.5. The van der Waals surface area contributed by atoms with Gasteiger partial charge in [0.05, 0.1) is 43.4 Å². The molecule has 0 unspecified atom stereocenters. The number of carbonyl (C=O) groups excluding carboxylic acids is 2. The fourth-order valence-corrected chi connectivity index (χ4v) is 4.80. The highest BCUT2D eigenvalue weighted by molar-refractivity contribution is 6.45. The number of amides is 1. The summed E-state index contributed by atoms with van der Waals surface area (Å²) in [4.78, 5) is 44.9. The number of fused-ring (bicyclic) bond motifs is 2. The molecule has 0 fully saturated rings. The van der Waals surface area contributed by atoms with Crippen molar-refractivity contribution in [3.63, 3.8) is 0 Å². The molecule has 0 radical (unpaired) electrons. The fourth-order valence-electron chi connectivity index (χ4n) is 4.80. The van der Waals surface area contributed by atoms with Crippen LogP contribution in [0.4, 0.5) is 0 Å². The molecule has 38 heavy (non-hydrogen) atoms. The molecule has 0 saturated carbocycles. The Morgan fingerprint density at radius 1 is 1.05 bits per heavy atom. The topological polar surface area (TPSA) is 133 Å². The zero-order chi connectivity index (χ0) is 26.4. The number of imidazole rings is 1. The van der Waals surface area contributed by atoms with Crippen LogP contribution in [-0.2, 0) is 17.9 Å². The average molecular weight is 513 g/mol. The molecule has 0 atom stereocenters. The maximum absolute atomic E-state index is 13.6. The number of benzene rings is 1. The van der Waals surface area contributed by atoms with Crippen molar-refractivity contribution in [1.82, 2.24) is 39.2 Å². The van der Waals surface area contributed by atoms with Crippen LogP contribution in [0.3, 0.4) is 0 Å². The lowest BCUT2D eigenvalue weighted by molar-refractivity contribution is -0.127. The van der Waals surface area contributed by atoms with E-state index < -0.39 is 11.7 Å². The Morgan fingerprint density at radius 2 is 1.87 bits per heavy atom. The Balaban J connectivity index is 1.34. The SMILES string of the molecule is COc1nc(-c2ccccc2)n2c1CN(C(=O)C(=O)c1c[nH]c3c(-n4cnc(C)n4)ncc(OC)c13)CC2. The minimum Gasteiger partial charge on any atom is -0.494 e. The van der Waals surface area contributed by atoms with Crippen molar-refractivity contribution in [2.45, 2.75) is 20.0 Å². The highest BCUT2D eigenvalue weighted by atomic mass is 16.5. The van der Waals surface area contributed by atoms with Crippen LogP contribution in [-0.4, -0.2) is 71.6 Å². The van der Waals surface area contributed by atoms with Gasteiger partial charge in [0.1, 0.15) is 29.4 Å². The van der Waals surface area contributed by atoms with Crippen LogP contribution in [0.5, 0.6) is 11.6 Å². The summed E-state index contributed by atoms with van der Waals surface area (Å²) < 4.78 is 14.6. The van der Waals surface area contributed by atoms with Gasteiger partial charge in [-0.15, -0.1) is 0 Å². The van der Waals surface area contributed by atoms with Crippen molar-refractivity contribution in [2.24, 2.45) is 0 Å². The number of aromatic amines is 1. The number of H-pyrrole nitrogens is 1. The molecule has 192 valence electrons. The van der Waals surface area contributed by atoms with Crippen molar-refractivity contribution < 1.29 is 19.1 Å². The Bertz CT molecular complexity index is 1680. The second kappa shape index (κ2) is 9.14. The fraction of sp³-hybridized carbons (Fsp3) is 0.231. The maximum atomic E-state index is 13.6. The van der Waals surface area contributed by atoms with Gasteiger partial charge in [-0.2, -0.15) is 10.1 Å². The van der Waals surface area contributed by atoms with Crippen molar-refractivity contribution in [3.05, 3.63) is 66.1 Å². The molecular formula is C26H24N8O4. The zero-order valence-electron chi connectivity index (χ0n) is 21.0. The standard InChI is InChI=1S/C26H24N8O4/c1-15-29-14-34(31-15)24-21-20(19(37-2)12-28-24)17(11-27-21)22(35)26(36)32-9-10-33-18(13-32)25(38-3)30-23(33)16-7-5-4-6-8-16/h4-8,11-12,14,27H,9-10,13H2,1-3H3. The summed E-state index contributed by atoms with van der Waals surface area (Å²) in [6.45, 7) is 2.79. The number of nitrogens with one attached hydrogen (secondary N) is 1. The molecule has 1 aromatic carbocycles. The summed E-state index contributed by atoms with van der Waals surface area (Å²) in [5.41, 5.74) is 2.39. The van der Waals surface area contributed by atoms with Crippen LogP contribution in [0.15, 0.2) is 49.1 Å². The van der Waals surface area contributed by atoms with Gasteiger partial charge in [0.15, 0.2) is 5.82 Å². The molecule has 5 heterocycles. The summed E-state index contributed by atoms with van der Waals surface area (Å²) in [6, 6.07) is 9.79. The van der Waals surface area contributed by atoms with Crippen LogP contribution in [0.2, 0.25) is 0 Å². The monoisotopic (exact) mass is 512 g/mol. The van der Waals surface area contributed by atoms with E-state index in [1.54, 1.807) is 14.0 Å². The van der Waals surface area contributed by atoms with Gasteiger partial charge < -0.3 is 23.9 Å². The molecule has 1 aliphatic rings. The lowest BCUT2D eigenvalue weighted by Crippen LogP contribution is -2.42. The van der Waals surface area contributed by atoms with E-state index in [9.17, 15) is 9.59 Å². The Labute approximate surface area is 216 Å². The van der Waals surface area contributed by atoms with Gasteiger partial charge in [0.25, 0.3) is 11.7 Å². The molecule has 1 N–H and O–H groups in total. The minimum absolute atomic E-state index is 0.193. The van der Waals surface area contributed by atoms with Crippen LogP contribution in [0.25, 0.3) is 28.1 Å². The van der Waals surface area contributed by atoms with Crippen molar-refractivity contribution in [1.29, 1.82) is 0 Å². The number of hydrogen-bond acceptors (Lipinski definition) is 8. The normalized spacial score (nSPS) is 13.0. The first-order valence-corrected chi connectivity index (χ1v) is 11.9. The molecule has 1 aliphatic heterocycles. The highest BCUT2D eigenvalue weighted by Crippen LogP contribution is 2.33. The van der Waals surface area contributed by atoms with E-state index in [0.717, 1.165) is 17.1 Å². The van der Waals surface area contributed by atoms with E-state index in [-0.39, 0.29) is 12.1 Å². The number of aryl methyl sites for hydroxylation is 1. The molecule has 0 spiro atoms. The third-order valence-corrected chi connectivity index (χ3v) is 6.62. The minimum atomic E-state index is -0.656. The molecule has 5 aromatic rings. The number of carbonyl (C=O) groups is 2. The lowest BCUT2D eigenvalue weighted by Gasteiger charge is -2.28. The summed E-state index contributed by atoms with van der Waals surface area (Å²) in [7, 11) is 3.03. The van der Waals surface area contributed by atoms with Crippen LogP contribution in [0.1, 0.15) is 21.9 Å². The second-order valence-corrected chi connectivity index (χ2v) is 8.80. The number of ketones is 1. The Kier molecular flexibility index (Phi) is 5.63. The summed E-state index contributed by atoms with van der Waals surface area (Å²) in [6.07, 6.45) is 4.54. The van der Waals surface area contributed by atoms with Gasteiger partial charge in [-0.05, 0) is 6.92 Å². The molecule has 6 rings (SSSR count). The average Bonchev–Trinajstić information content (AvgIpc) is 3.68. The maximum Gasteiger partial charge on any atom is 0.295 e. The van der Waals surface area contributed by atoms with Crippen molar-refractivity contribution in [3.8, 4) is 28.8 Å². The number of aromatic nitrogens is 7. The largest absolute Gasteiger partial charge is 0.494 e. The number of pyridine rings is 1. The van der Waals surface area contributed by atoms with Gasteiger partial charge in [0, 0.05) is 24.8 Å². The lowest BCUT2D eigenvalue weighted by atomic mass is 10.1. The first kappa shape index (κ1) is 23.4. The van der Waals surface area contributed by atoms with Crippen LogP contribution >= 0.6 is 0 Å². The third-order valence-electron chi connectivity index (χ3n) is 6.62. The quantitative estimate of drug-likeness (QED) is 0.271. The van der Waals surface area contributed by atoms with Gasteiger partial charge in [-0.1, -0.05) is 30.3 Å². The highest BCUT2D eigenvalue weighted by Gasteiger charge is 2.33. The Hall–Kier alpha value is -5.00. The van der Waals surface area contributed by atoms with Crippen molar-refractivity contribution >= 4 is 22.6 Å². The van der Waals surface area contributed by atoms with E-state index in [1.807, 2.05) is 34.9 Å². The van der Waals surface area contributed by atoms with Crippen LogP contribution < -0.4 is 9.47 Å². The molecule has 4 aromatic heterocycles. The summed E-state index contributed by atoms with van der Waals surface area (Å²) in [5.74, 6) is 1.29. The van der Waals surface area contributed by atoms with E-state index >= 15 is 0 Å². The second-order valence-electron chi connectivity index (χ2n) is 8.80. The molecule has 0 saturated heterocycles. The molecular weight excluding hydrogens is 488 g/mol. The third kappa shape index (κ3) is 3.69. The van der Waals surface area contributed by atoms with Gasteiger partial charge in [0.2, 0.25) is 5.88 Å². The van der Waals surface area contributed by atoms with E-state index in [1.165, 1.54) is 35.4 Å². The smallest absolute Gasteiger partial charge is 0.295 e. The number of nitrogens with zero attached hydrogens (tertiary/aromatic N) is 7. The predicted octanol–water partition coefficient (Wildman–Crippen LogP) is 2.56. The molecule has 0 aliphatic carbocycles. The molecule has 12 nitrogen and oxygen atoms in total. The first-order valence-electron chi connectivity index (χ1n) is 11.9. The summed E-state index contributed by atoms with van der Waals surface area (Å²) in [5, 5.41) is 4.77. The summed E-state index contributed by atoms with van der Waals surface area (Å²) >= 11 is 0. The van der Waals surface area contributed by atoms with Crippen LogP contribution in [0, 0.1) is 6.92 Å². The number of ether oxygens (including phenoxy) is 2. The number of rotatable bonds is 6. The van der Waals surface area contributed by atoms with Gasteiger partial charge in [-0.3, -0.25) is 9.59 Å². The van der Waals surface area contributed by atoms with E-state index in [0.29, 0.717) is 47.3 Å². The van der Waals surface area contributed by atoms with Crippen molar-refractivity contribution in [2.75, 3.05) is 20.8 Å². The number of hydrogen-bond donors (Lipinski definition) is 1. The number of methoxy groups -OCH3 is 2. The zero-order valence-corrected chi connectivity index (χ0v) is 21.0. The van der Waals surface area contributed by atoms with E-state index in [4.69, 9.17) is 9.47 Å². The molecule has 0 bridgehead atoms. The van der Waals surface area contributed by atoms with Gasteiger partial charge in [-0.25, -0.2) is 14.6 Å². The number of Topliss-reactive ketones (excluding diaryl/α,β-unsaturated/α-hetero) is 1. The molecule has 1 amide bonds. The van der Waals surface area contributed by atoms with Gasteiger partial charge >= 0.3 is 0 Å². The Morgan fingerprint density at radius 3 is 2.58 bits per heavy atom. The van der Waals surface area contributed by atoms with E-state index in [2.05, 4.69) is 25.0 Å².